The van der Waals surface area contributed by atoms with Crippen molar-refractivity contribution in [2.24, 2.45) is 0 Å². The summed E-state index contributed by atoms with van der Waals surface area (Å²) in [5.74, 6) is 2.93. The predicted octanol–water partition coefficient (Wildman–Crippen LogP) is 5.71. The minimum Gasteiger partial charge on any atom is -0.491 e. The number of thioether (sulfide) groups is 1. The summed E-state index contributed by atoms with van der Waals surface area (Å²) in [6.45, 7) is 8.48. The smallest absolute Gasteiger partial charge is 0.189 e. The van der Waals surface area contributed by atoms with Crippen LogP contribution in [0.5, 0.6) is 5.75 Å². The lowest BCUT2D eigenvalue weighted by Crippen LogP contribution is -2.28. The lowest BCUT2D eigenvalue weighted by Gasteiger charge is -2.25. The van der Waals surface area contributed by atoms with E-state index < -0.39 is 0 Å². The lowest BCUT2D eigenvalue weighted by molar-refractivity contribution is 0.331. The van der Waals surface area contributed by atoms with Crippen LogP contribution < -0.4 is 9.64 Å². The van der Waals surface area contributed by atoms with Crippen molar-refractivity contribution >= 4 is 28.6 Å². The number of hydrogen-bond acceptors (Lipinski definition) is 6. The van der Waals surface area contributed by atoms with Crippen molar-refractivity contribution in [3.63, 3.8) is 0 Å². The fraction of sp³-hybridized carbons (Fsp3) is 0.346. The van der Waals surface area contributed by atoms with Crippen molar-refractivity contribution in [1.29, 1.82) is 0 Å². The van der Waals surface area contributed by atoms with Crippen LogP contribution in [0.3, 0.4) is 0 Å². The number of fused-ring (bicyclic) bond motifs is 2. The Morgan fingerprint density at radius 1 is 1.06 bits per heavy atom. The number of nitrogens with zero attached hydrogens (tertiary/aromatic N) is 4. The second-order valence-corrected chi connectivity index (χ2v) is 9.27. The Kier molecular flexibility index (Phi) is 5.98. The summed E-state index contributed by atoms with van der Waals surface area (Å²) in [4.78, 5) is 19.9. The molecule has 1 aliphatic heterocycles. The Morgan fingerprint density at radius 3 is 2.70 bits per heavy atom. The SMILES string of the molecule is CCCc1c(C)nc(SC)nc1N1CCOc2ccc(-c3ccc4nc(C)[nH]c4c3)cc2C1. The number of aromatic nitrogens is 4. The monoisotopic (exact) mass is 459 g/mol. The third-order valence-electron chi connectivity index (χ3n) is 6.13. The van der Waals surface area contributed by atoms with Gasteiger partial charge in [0.2, 0.25) is 0 Å². The second-order valence-electron chi connectivity index (χ2n) is 8.49. The summed E-state index contributed by atoms with van der Waals surface area (Å²) in [5.41, 5.74) is 7.89. The highest BCUT2D eigenvalue weighted by Crippen LogP contribution is 2.33. The number of rotatable bonds is 5. The fourth-order valence-corrected chi connectivity index (χ4v) is 4.93. The number of aromatic amines is 1. The highest BCUT2D eigenvalue weighted by molar-refractivity contribution is 7.98. The molecule has 0 fully saturated rings. The van der Waals surface area contributed by atoms with Crippen molar-refractivity contribution in [2.45, 2.75) is 45.3 Å². The maximum Gasteiger partial charge on any atom is 0.189 e. The number of imidazole rings is 1. The van der Waals surface area contributed by atoms with Gasteiger partial charge in [0, 0.05) is 23.4 Å². The maximum absolute atomic E-state index is 6.14. The van der Waals surface area contributed by atoms with Crippen LogP contribution in [0.1, 0.15) is 36.0 Å². The number of hydrogen-bond donors (Lipinski definition) is 1. The fourth-order valence-electron chi connectivity index (χ4n) is 4.52. The molecule has 5 rings (SSSR count). The highest BCUT2D eigenvalue weighted by Gasteiger charge is 2.22. The van der Waals surface area contributed by atoms with Crippen LogP contribution in [0.15, 0.2) is 41.6 Å². The van der Waals surface area contributed by atoms with Crippen LogP contribution >= 0.6 is 11.8 Å². The number of nitrogens with one attached hydrogen (secondary N) is 1. The molecule has 7 heteroatoms. The molecule has 0 saturated carbocycles. The van der Waals surface area contributed by atoms with Gasteiger partial charge in [-0.1, -0.05) is 37.2 Å². The number of benzene rings is 2. The van der Waals surface area contributed by atoms with Gasteiger partial charge in [0.1, 0.15) is 24.0 Å². The Labute approximate surface area is 198 Å². The number of anilines is 1. The molecule has 0 spiro atoms. The Morgan fingerprint density at radius 2 is 1.88 bits per heavy atom. The van der Waals surface area contributed by atoms with Crippen molar-refractivity contribution in [3.05, 3.63) is 59.0 Å². The van der Waals surface area contributed by atoms with Gasteiger partial charge in [-0.15, -0.1) is 0 Å². The third kappa shape index (κ3) is 4.29. The second kappa shape index (κ2) is 9.06. The summed E-state index contributed by atoms with van der Waals surface area (Å²) < 4.78 is 6.14. The van der Waals surface area contributed by atoms with Crippen LogP contribution in [0.25, 0.3) is 22.2 Å². The van der Waals surface area contributed by atoms with Crippen LogP contribution in [0, 0.1) is 13.8 Å². The van der Waals surface area contributed by atoms with Crippen molar-refractivity contribution in [3.8, 4) is 16.9 Å². The van der Waals surface area contributed by atoms with Crippen LogP contribution in [-0.4, -0.2) is 39.3 Å². The number of aryl methyl sites for hydroxylation is 2. The first kappa shape index (κ1) is 21.8. The van der Waals surface area contributed by atoms with E-state index >= 15 is 0 Å². The summed E-state index contributed by atoms with van der Waals surface area (Å²) in [7, 11) is 0. The van der Waals surface area contributed by atoms with E-state index in [9.17, 15) is 0 Å². The van der Waals surface area contributed by atoms with E-state index in [1.807, 2.05) is 13.2 Å². The molecule has 0 atom stereocenters. The normalized spacial score (nSPS) is 13.6. The minimum atomic E-state index is 0.634. The van der Waals surface area contributed by atoms with Gasteiger partial charge in [-0.2, -0.15) is 0 Å². The van der Waals surface area contributed by atoms with E-state index in [-0.39, 0.29) is 0 Å². The van der Waals surface area contributed by atoms with Gasteiger partial charge in [-0.25, -0.2) is 15.0 Å². The van der Waals surface area contributed by atoms with Crippen molar-refractivity contribution in [1.82, 2.24) is 19.9 Å². The van der Waals surface area contributed by atoms with Gasteiger partial charge < -0.3 is 14.6 Å². The molecule has 1 N–H and O–H groups in total. The highest BCUT2D eigenvalue weighted by atomic mass is 32.2. The summed E-state index contributed by atoms with van der Waals surface area (Å²) in [6.07, 6.45) is 4.07. The Balaban J connectivity index is 1.53. The zero-order valence-corrected chi connectivity index (χ0v) is 20.4. The first-order valence-electron chi connectivity index (χ1n) is 11.4. The molecule has 0 radical (unpaired) electrons. The number of ether oxygens (including phenoxy) is 1. The minimum absolute atomic E-state index is 0.634. The van der Waals surface area contributed by atoms with E-state index in [2.05, 4.69) is 65.1 Å². The van der Waals surface area contributed by atoms with Crippen molar-refractivity contribution < 1.29 is 4.74 Å². The zero-order valence-electron chi connectivity index (χ0n) is 19.6. The molecule has 0 unspecified atom stereocenters. The van der Waals surface area contributed by atoms with E-state index in [0.717, 1.165) is 65.2 Å². The quantitative estimate of drug-likeness (QED) is 0.305. The molecular formula is C26H29N5OS. The van der Waals surface area contributed by atoms with E-state index in [1.54, 1.807) is 11.8 Å². The average Bonchev–Trinajstić information content (AvgIpc) is 3.05. The van der Waals surface area contributed by atoms with Gasteiger partial charge in [-0.3, -0.25) is 0 Å². The van der Waals surface area contributed by atoms with Crippen molar-refractivity contribution in [2.75, 3.05) is 24.3 Å². The van der Waals surface area contributed by atoms with Gasteiger partial charge in [0.15, 0.2) is 5.16 Å². The topological polar surface area (TPSA) is 66.9 Å². The first-order valence-corrected chi connectivity index (χ1v) is 12.7. The molecule has 33 heavy (non-hydrogen) atoms. The third-order valence-corrected chi connectivity index (χ3v) is 6.68. The molecule has 4 aromatic rings. The lowest BCUT2D eigenvalue weighted by atomic mass is 10.0. The molecular weight excluding hydrogens is 430 g/mol. The molecule has 2 aromatic heterocycles. The van der Waals surface area contributed by atoms with Crippen LogP contribution in [0.2, 0.25) is 0 Å². The largest absolute Gasteiger partial charge is 0.491 e. The van der Waals surface area contributed by atoms with Gasteiger partial charge in [0.05, 0.1) is 17.6 Å². The van der Waals surface area contributed by atoms with E-state index in [4.69, 9.17) is 14.7 Å². The molecule has 0 saturated heterocycles. The summed E-state index contributed by atoms with van der Waals surface area (Å²) >= 11 is 1.59. The summed E-state index contributed by atoms with van der Waals surface area (Å²) in [5, 5.41) is 0.824. The van der Waals surface area contributed by atoms with E-state index in [1.165, 1.54) is 22.3 Å². The van der Waals surface area contributed by atoms with Gasteiger partial charge >= 0.3 is 0 Å². The molecule has 3 heterocycles. The average molecular weight is 460 g/mol. The molecule has 2 aromatic carbocycles. The Bertz CT molecular complexity index is 1320. The summed E-state index contributed by atoms with van der Waals surface area (Å²) in [6, 6.07) is 12.9. The van der Waals surface area contributed by atoms with Gasteiger partial charge in [-0.05, 0) is 61.9 Å². The van der Waals surface area contributed by atoms with E-state index in [0.29, 0.717) is 6.61 Å². The molecule has 170 valence electrons. The van der Waals surface area contributed by atoms with Crippen LogP contribution in [-0.2, 0) is 13.0 Å². The van der Waals surface area contributed by atoms with Gasteiger partial charge in [0.25, 0.3) is 0 Å². The Hall–Kier alpha value is -3.06. The standard InChI is InChI=1S/C26H29N5OS/c1-5-6-21-16(2)27-26(33-4)30-25(21)31-11-12-32-24-10-8-18(13-20(24)15-31)19-7-9-22-23(14-19)29-17(3)28-22/h7-10,13-14H,5-6,11-12,15H2,1-4H3,(H,28,29). The molecule has 6 nitrogen and oxygen atoms in total. The van der Waals surface area contributed by atoms with Crippen LogP contribution in [0.4, 0.5) is 5.82 Å². The predicted molar refractivity (Wildman–Crippen MR) is 135 cm³/mol. The molecule has 1 aliphatic rings. The number of H-pyrrole nitrogens is 1. The first-order chi connectivity index (χ1) is 16.1. The molecule has 0 amide bonds. The molecule has 0 aliphatic carbocycles. The zero-order chi connectivity index (χ0) is 22.9. The molecule has 0 bridgehead atoms. The maximum atomic E-state index is 6.14.